The van der Waals surface area contributed by atoms with Crippen LogP contribution in [0.2, 0.25) is 0 Å². The number of nitrogens with one attached hydrogen (secondary N) is 1. The van der Waals surface area contributed by atoms with Gasteiger partial charge < -0.3 is 9.94 Å². The Hall–Kier alpha value is -4.67. The highest BCUT2D eigenvalue weighted by atomic mass is 32.2. The van der Waals surface area contributed by atoms with Gasteiger partial charge in [0.25, 0.3) is 16.3 Å². The van der Waals surface area contributed by atoms with E-state index in [-0.39, 0.29) is 53.6 Å². The number of benzene rings is 2. The number of ether oxygens (including phenoxy) is 1. The molecule has 1 N–H and O–H groups in total. The van der Waals surface area contributed by atoms with E-state index in [1.165, 1.54) is 24.1 Å². The number of halogens is 3. The average molecular weight is 653 g/mol. The molecule has 1 saturated heterocycles. The molecular formula is C28H31F3N6O7S. The molecule has 0 radical (unpaired) electrons. The maximum absolute atomic E-state index is 13.5. The standard InChI is InChI=1S/C28H31F3N6O7S/c1-4-26(38)43-19(3)44-34-37(40)35-15-13-21(14-16-35)27(39)33-45(41,42)23-11-9-22(10-12-23)36-24(17-25(32-36)28(29,30)31)20-7-5-18(2)6-8-20/h5-12,17,19,21H,4,13-16H2,1-3H3,(H,33,39)/b37-34-. The zero-order valence-electron chi connectivity index (χ0n) is 24.5. The fourth-order valence-corrected chi connectivity index (χ4v) is 5.48. The first-order valence-corrected chi connectivity index (χ1v) is 15.4. The molecule has 13 nitrogen and oxygen atoms in total. The second-order valence-corrected chi connectivity index (χ2v) is 11.9. The molecule has 1 aromatic heterocycles. The Morgan fingerprint density at radius 1 is 1.13 bits per heavy atom. The lowest BCUT2D eigenvalue weighted by Gasteiger charge is -2.27. The van der Waals surface area contributed by atoms with E-state index in [1.807, 2.05) is 11.6 Å². The van der Waals surface area contributed by atoms with Crippen LogP contribution in [0.15, 0.2) is 64.8 Å². The highest BCUT2D eigenvalue weighted by Crippen LogP contribution is 2.33. The number of carbonyl (C=O) groups is 2. The first-order valence-electron chi connectivity index (χ1n) is 13.9. The molecule has 17 heteroatoms. The van der Waals surface area contributed by atoms with Crippen molar-refractivity contribution in [3.05, 3.63) is 71.1 Å². The second-order valence-electron chi connectivity index (χ2n) is 10.2. The lowest BCUT2D eigenvalue weighted by Crippen LogP contribution is -2.44. The van der Waals surface area contributed by atoms with Gasteiger partial charge in [-0.05, 0) is 50.1 Å². The maximum atomic E-state index is 13.5. The van der Waals surface area contributed by atoms with E-state index < -0.39 is 46.0 Å². The van der Waals surface area contributed by atoms with Crippen LogP contribution in [0.3, 0.4) is 0 Å². The summed E-state index contributed by atoms with van der Waals surface area (Å²) in [5.74, 6) is -2.03. The summed E-state index contributed by atoms with van der Waals surface area (Å²) in [4.78, 5) is 28.8. The summed E-state index contributed by atoms with van der Waals surface area (Å²) >= 11 is 0. The number of hydrogen-bond acceptors (Lipinski definition) is 9. The molecule has 1 aliphatic rings. The number of alkyl halides is 3. The van der Waals surface area contributed by atoms with E-state index in [9.17, 15) is 36.4 Å². The van der Waals surface area contributed by atoms with Crippen molar-refractivity contribution in [1.82, 2.24) is 19.5 Å². The summed E-state index contributed by atoms with van der Waals surface area (Å²) in [6.07, 6.45) is -5.39. The zero-order valence-corrected chi connectivity index (χ0v) is 25.3. The van der Waals surface area contributed by atoms with E-state index in [0.29, 0.717) is 5.56 Å². The molecule has 0 aliphatic carbocycles. The van der Waals surface area contributed by atoms with Crippen LogP contribution in [-0.2, 0) is 35.4 Å². The third-order valence-corrected chi connectivity index (χ3v) is 8.27. The number of nitrogens with zero attached hydrogens (tertiary/aromatic N) is 5. The molecule has 2 heterocycles. The Morgan fingerprint density at radius 2 is 1.76 bits per heavy atom. The number of rotatable bonds is 10. The molecule has 0 saturated carbocycles. The van der Waals surface area contributed by atoms with E-state index in [1.54, 1.807) is 31.2 Å². The molecule has 4 rings (SSSR count). The number of sulfonamides is 1. The van der Waals surface area contributed by atoms with Crippen molar-refractivity contribution < 1.29 is 45.7 Å². The fourth-order valence-electron chi connectivity index (χ4n) is 4.44. The molecule has 1 amide bonds. The Balaban J connectivity index is 1.41. The molecule has 242 valence electrons. The first-order chi connectivity index (χ1) is 21.2. The third kappa shape index (κ3) is 8.29. The normalized spacial score (nSPS) is 15.4. The molecule has 2 aromatic carbocycles. The number of amides is 1. The summed E-state index contributed by atoms with van der Waals surface area (Å²) in [5, 5.41) is 20.5. The third-order valence-electron chi connectivity index (χ3n) is 6.91. The van der Waals surface area contributed by atoms with Gasteiger partial charge in [-0.15, -0.1) is 5.01 Å². The van der Waals surface area contributed by atoms with Crippen LogP contribution in [0.4, 0.5) is 13.2 Å². The van der Waals surface area contributed by atoms with Crippen molar-refractivity contribution in [1.29, 1.82) is 0 Å². The molecule has 45 heavy (non-hydrogen) atoms. The van der Waals surface area contributed by atoms with Crippen LogP contribution < -0.4 is 4.72 Å². The number of hydrogen-bond donors (Lipinski definition) is 1. The van der Waals surface area contributed by atoms with Crippen LogP contribution in [0.5, 0.6) is 0 Å². The Bertz CT molecular complexity index is 1650. The van der Waals surface area contributed by atoms with Gasteiger partial charge in [0, 0.05) is 24.8 Å². The lowest BCUT2D eigenvalue weighted by atomic mass is 9.97. The zero-order chi connectivity index (χ0) is 32.9. The average Bonchev–Trinajstić information content (AvgIpc) is 3.46. The predicted octanol–water partition coefficient (Wildman–Crippen LogP) is 4.49. The number of carbonyl (C=O) groups excluding carboxylic acids is 2. The van der Waals surface area contributed by atoms with Gasteiger partial charge in [-0.25, -0.2) is 17.8 Å². The van der Waals surface area contributed by atoms with E-state index >= 15 is 0 Å². The lowest BCUT2D eigenvalue weighted by molar-refractivity contribution is -0.715. The van der Waals surface area contributed by atoms with Gasteiger partial charge in [0.05, 0.1) is 34.3 Å². The minimum atomic E-state index is -4.70. The SMILES string of the molecule is CCC(=O)OC(C)O/N=[N+](\[O-])N1CCC(C(=O)NS(=O)(=O)c2ccc(-n3nc(C(F)(F)F)cc3-c3ccc(C)cc3)cc2)CC1. The highest BCUT2D eigenvalue weighted by Gasteiger charge is 2.35. The van der Waals surface area contributed by atoms with Crippen molar-refractivity contribution >= 4 is 21.9 Å². The van der Waals surface area contributed by atoms with Crippen molar-refractivity contribution in [3.8, 4) is 16.9 Å². The topological polar surface area (TPSA) is 158 Å². The molecule has 3 aromatic rings. The predicted molar refractivity (Wildman–Crippen MR) is 151 cm³/mol. The fraction of sp³-hybridized carbons (Fsp3) is 0.393. The Morgan fingerprint density at radius 3 is 2.33 bits per heavy atom. The van der Waals surface area contributed by atoms with Crippen LogP contribution in [-0.4, -0.2) is 59.4 Å². The first kappa shape index (κ1) is 33.2. The summed E-state index contributed by atoms with van der Waals surface area (Å²) in [6, 6.07) is 12.6. The molecular weight excluding hydrogens is 621 g/mol. The number of piperidine rings is 1. The Labute approximate surface area is 256 Å². The van der Waals surface area contributed by atoms with Crippen LogP contribution in [0, 0.1) is 18.0 Å². The van der Waals surface area contributed by atoms with Crippen LogP contribution >= 0.6 is 0 Å². The smallest absolute Gasteiger partial charge is 0.435 e. The van der Waals surface area contributed by atoms with E-state index in [0.717, 1.165) is 28.4 Å². The number of aryl methyl sites for hydroxylation is 1. The summed E-state index contributed by atoms with van der Waals surface area (Å²) in [5.41, 5.74) is 0.614. The van der Waals surface area contributed by atoms with Gasteiger partial charge in [0.15, 0.2) is 5.69 Å². The van der Waals surface area contributed by atoms with E-state index in [4.69, 9.17) is 9.57 Å². The summed E-state index contributed by atoms with van der Waals surface area (Å²) in [7, 11) is -4.33. The maximum Gasteiger partial charge on any atom is 0.435 e. The summed E-state index contributed by atoms with van der Waals surface area (Å²) in [6.45, 7) is 4.96. The van der Waals surface area contributed by atoms with Gasteiger partial charge in [-0.1, -0.05) is 36.8 Å². The number of aromatic nitrogens is 2. The van der Waals surface area contributed by atoms with Crippen molar-refractivity contribution in [2.45, 2.75) is 57.4 Å². The van der Waals surface area contributed by atoms with Gasteiger partial charge >= 0.3 is 12.1 Å². The molecule has 1 unspecified atom stereocenters. The quantitative estimate of drug-likeness (QED) is 0.110. The number of hydrazine groups is 1. The van der Waals surface area contributed by atoms with Crippen molar-refractivity contribution in [3.63, 3.8) is 0 Å². The molecule has 1 fully saturated rings. The highest BCUT2D eigenvalue weighted by molar-refractivity contribution is 7.90. The Kier molecular flexibility index (Phi) is 10.00. The molecule has 0 bridgehead atoms. The van der Waals surface area contributed by atoms with Crippen molar-refractivity contribution in [2.24, 2.45) is 11.2 Å². The minimum Gasteiger partial charge on any atom is -0.569 e. The molecule has 1 atom stereocenters. The number of esters is 1. The van der Waals surface area contributed by atoms with Gasteiger partial charge in [0.2, 0.25) is 11.2 Å². The van der Waals surface area contributed by atoms with Crippen LogP contribution in [0.1, 0.15) is 44.4 Å². The van der Waals surface area contributed by atoms with E-state index in [2.05, 4.69) is 10.4 Å². The van der Waals surface area contributed by atoms with Crippen LogP contribution in [0.25, 0.3) is 16.9 Å². The van der Waals surface area contributed by atoms with Crippen molar-refractivity contribution in [2.75, 3.05) is 13.1 Å². The minimum absolute atomic E-state index is 0.0689. The molecule has 1 aliphatic heterocycles. The van der Waals surface area contributed by atoms with Gasteiger partial charge in [0.1, 0.15) is 0 Å². The summed E-state index contributed by atoms with van der Waals surface area (Å²) < 4.78 is 74.4. The van der Waals surface area contributed by atoms with Gasteiger partial charge in [-0.3, -0.25) is 14.4 Å². The monoisotopic (exact) mass is 652 g/mol. The van der Waals surface area contributed by atoms with Gasteiger partial charge in [-0.2, -0.15) is 18.3 Å². The second kappa shape index (κ2) is 13.5. The molecule has 0 spiro atoms. The largest absolute Gasteiger partial charge is 0.569 e.